The summed E-state index contributed by atoms with van der Waals surface area (Å²) in [5.74, 6) is 3.80. The predicted molar refractivity (Wildman–Crippen MR) is 91.3 cm³/mol. The Balaban J connectivity index is 3.07. The van der Waals surface area contributed by atoms with Gasteiger partial charge in [-0.1, -0.05) is 13.8 Å². The van der Waals surface area contributed by atoms with Gasteiger partial charge in [-0.15, -0.1) is 0 Å². The summed E-state index contributed by atoms with van der Waals surface area (Å²) in [7, 11) is 3.37. The summed E-state index contributed by atoms with van der Waals surface area (Å²) in [4.78, 5) is 0. The molecule has 0 bridgehead atoms. The van der Waals surface area contributed by atoms with Crippen molar-refractivity contribution in [2.24, 2.45) is 0 Å². The second kappa shape index (κ2) is 9.53. The number of nitrogens with one attached hydrogen (secondary N) is 1. The average molecular weight is 362 g/mol. The number of methoxy groups -OCH3 is 2. The summed E-state index contributed by atoms with van der Waals surface area (Å²) in [6.45, 7) is 5.36. The van der Waals surface area contributed by atoms with Gasteiger partial charge < -0.3 is 14.8 Å². The lowest BCUT2D eigenvalue weighted by Gasteiger charge is -2.22. The molecular formula is C15H24BrNO2S. The zero-order valence-corrected chi connectivity index (χ0v) is 15.1. The number of thioether (sulfide) groups is 1. The minimum absolute atomic E-state index is 0.289. The van der Waals surface area contributed by atoms with Crippen molar-refractivity contribution in [3.63, 3.8) is 0 Å². The Hall–Kier alpha value is -0.390. The lowest BCUT2D eigenvalue weighted by atomic mass is 10.1. The fourth-order valence-corrected chi connectivity index (χ4v) is 3.46. The molecule has 0 heterocycles. The molecule has 1 unspecified atom stereocenters. The van der Waals surface area contributed by atoms with E-state index in [4.69, 9.17) is 9.47 Å². The maximum Gasteiger partial charge on any atom is 0.141 e. The maximum absolute atomic E-state index is 5.58. The highest BCUT2D eigenvalue weighted by atomic mass is 79.9. The summed E-state index contributed by atoms with van der Waals surface area (Å²) >= 11 is 5.50. The fraction of sp³-hybridized carbons (Fsp3) is 0.600. The van der Waals surface area contributed by atoms with Gasteiger partial charge in [-0.3, -0.25) is 0 Å². The maximum atomic E-state index is 5.58. The van der Waals surface area contributed by atoms with Crippen molar-refractivity contribution in [2.75, 3.05) is 32.3 Å². The van der Waals surface area contributed by atoms with E-state index in [0.29, 0.717) is 0 Å². The van der Waals surface area contributed by atoms with Crippen LogP contribution >= 0.6 is 27.7 Å². The van der Waals surface area contributed by atoms with Crippen LogP contribution in [0.5, 0.6) is 11.5 Å². The van der Waals surface area contributed by atoms with Crippen molar-refractivity contribution in [1.29, 1.82) is 0 Å². The molecule has 0 saturated carbocycles. The third-order valence-electron chi connectivity index (χ3n) is 3.02. The van der Waals surface area contributed by atoms with Crippen molar-refractivity contribution in [3.05, 3.63) is 22.2 Å². The summed E-state index contributed by atoms with van der Waals surface area (Å²) in [5.41, 5.74) is 1.18. The van der Waals surface area contributed by atoms with E-state index in [0.717, 1.165) is 40.4 Å². The molecule has 0 aliphatic rings. The molecule has 0 fully saturated rings. The van der Waals surface area contributed by atoms with Gasteiger partial charge in [0.25, 0.3) is 0 Å². The average Bonchev–Trinajstić information content (AvgIpc) is 2.47. The second-order valence-corrected chi connectivity index (χ2v) is 6.48. The monoisotopic (exact) mass is 361 g/mol. The molecule has 3 nitrogen and oxygen atoms in total. The van der Waals surface area contributed by atoms with Crippen LogP contribution in [0.2, 0.25) is 0 Å². The molecule has 1 rings (SSSR count). The van der Waals surface area contributed by atoms with Gasteiger partial charge in [0, 0.05) is 17.4 Å². The predicted octanol–water partition coefficient (Wildman–Crippen LogP) is 4.26. The van der Waals surface area contributed by atoms with Crippen LogP contribution in [-0.2, 0) is 0 Å². The molecule has 1 aromatic rings. The molecule has 0 aliphatic heterocycles. The van der Waals surface area contributed by atoms with Crippen molar-refractivity contribution >= 4 is 27.7 Å². The van der Waals surface area contributed by atoms with Gasteiger partial charge in [0.05, 0.1) is 14.2 Å². The summed E-state index contributed by atoms with van der Waals surface area (Å²) in [6.07, 6.45) is 1.12. The van der Waals surface area contributed by atoms with E-state index in [1.807, 2.05) is 17.8 Å². The van der Waals surface area contributed by atoms with Crippen LogP contribution in [0.4, 0.5) is 0 Å². The molecule has 0 amide bonds. The minimum atomic E-state index is 0.289. The van der Waals surface area contributed by atoms with Gasteiger partial charge in [-0.05, 0) is 46.8 Å². The summed E-state index contributed by atoms with van der Waals surface area (Å²) < 4.78 is 11.8. The first-order valence-corrected chi connectivity index (χ1v) is 8.85. The van der Waals surface area contributed by atoms with Crippen LogP contribution in [0.1, 0.15) is 31.9 Å². The van der Waals surface area contributed by atoms with E-state index in [1.54, 1.807) is 14.2 Å². The number of halogens is 1. The molecule has 0 saturated heterocycles. The first-order chi connectivity index (χ1) is 9.69. The molecule has 0 aliphatic carbocycles. The minimum Gasteiger partial charge on any atom is -0.495 e. The molecule has 0 spiro atoms. The molecule has 1 aromatic carbocycles. The first kappa shape index (κ1) is 17.7. The van der Waals surface area contributed by atoms with E-state index in [2.05, 4.69) is 41.2 Å². The number of hydrogen-bond acceptors (Lipinski definition) is 4. The number of rotatable bonds is 9. The summed E-state index contributed by atoms with van der Waals surface area (Å²) in [6, 6.07) is 4.36. The Morgan fingerprint density at radius 1 is 1.25 bits per heavy atom. The molecule has 20 heavy (non-hydrogen) atoms. The second-order valence-electron chi connectivity index (χ2n) is 4.37. The molecule has 5 heteroatoms. The van der Waals surface area contributed by atoms with Crippen LogP contribution in [-0.4, -0.2) is 32.3 Å². The van der Waals surface area contributed by atoms with Gasteiger partial charge in [0.1, 0.15) is 16.0 Å². The van der Waals surface area contributed by atoms with Crippen molar-refractivity contribution in [1.82, 2.24) is 5.32 Å². The van der Waals surface area contributed by atoms with E-state index >= 15 is 0 Å². The quantitative estimate of drug-likeness (QED) is 0.711. The van der Waals surface area contributed by atoms with Gasteiger partial charge in [-0.25, -0.2) is 0 Å². The summed E-state index contributed by atoms with van der Waals surface area (Å²) in [5, 5.41) is 3.60. The molecular weight excluding hydrogens is 338 g/mol. The highest BCUT2D eigenvalue weighted by Gasteiger charge is 2.19. The van der Waals surface area contributed by atoms with Crippen molar-refractivity contribution in [3.8, 4) is 11.5 Å². The molecule has 1 atom stereocenters. The standard InChI is InChI=1S/C15H24BrNO2S/c1-5-9-17-12(10-20-6-2)11-7-8-13(18-3)14(16)15(11)19-4/h7-8,12,17H,5-6,9-10H2,1-4H3. The number of benzene rings is 1. The van der Waals surface area contributed by atoms with Gasteiger partial charge in [0.2, 0.25) is 0 Å². The van der Waals surface area contributed by atoms with E-state index in [9.17, 15) is 0 Å². The largest absolute Gasteiger partial charge is 0.495 e. The van der Waals surface area contributed by atoms with E-state index in [-0.39, 0.29) is 6.04 Å². The Bertz CT molecular complexity index is 407. The van der Waals surface area contributed by atoms with Crippen molar-refractivity contribution < 1.29 is 9.47 Å². The zero-order valence-electron chi connectivity index (χ0n) is 12.7. The van der Waals surface area contributed by atoms with Crippen LogP contribution < -0.4 is 14.8 Å². The third kappa shape index (κ3) is 4.57. The number of ether oxygens (including phenoxy) is 2. The zero-order chi connectivity index (χ0) is 15.0. The lowest BCUT2D eigenvalue weighted by molar-refractivity contribution is 0.381. The first-order valence-electron chi connectivity index (χ1n) is 6.91. The Morgan fingerprint density at radius 3 is 2.55 bits per heavy atom. The Kier molecular flexibility index (Phi) is 8.41. The number of hydrogen-bond donors (Lipinski definition) is 1. The van der Waals surface area contributed by atoms with Gasteiger partial charge in [-0.2, -0.15) is 11.8 Å². The molecule has 0 aromatic heterocycles. The van der Waals surface area contributed by atoms with Crippen molar-refractivity contribution in [2.45, 2.75) is 26.3 Å². The van der Waals surface area contributed by atoms with Gasteiger partial charge >= 0.3 is 0 Å². The van der Waals surface area contributed by atoms with Crippen LogP contribution in [0, 0.1) is 0 Å². The van der Waals surface area contributed by atoms with Crippen LogP contribution in [0.15, 0.2) is 16.6 Å². The van der Waals surface area contributed by atoms with Gasteiger partial charge in [0.15, 0.2) is 0 Å². The van der Waals surface area contributed by atoms with Crippen LogP contribution in [0.3, 0.4) is 0 Å². The fourth-order valence-electron chi connectivity index (χ4n) is 2.01. The Morgan fingerprint density at radius 2 is 2.00 bits per heavy atom. The molecule has 1 N–H and O–H groups in total. The van der Waals surface area contributed by atoms with E-state index < -0.39 is 0 Å². The molecule has 114 valence electrons. The highest BCUT2D eigenvalue weighted by molar-refractivity contribution is 9.10. The van der Waals surface area contributed by atoms with Crippen LogP contribution in [0.25, 0.3) is 0 Å². The van der Waals surface area contributed by atoms with E-state index in [1.165, 1.54) is 5.56 Å². The third-order valence-corrected chi connectivity index (χ3v) is 4.75. The smallest absolute Gasteiger partial charge is 0.141 e. The Labute approximate surface area is 134 Å². The highest BCUT2D eigenvalue weighted by Crippen LogP contribution is 2.40. The lowest BCUT2D eigenvalue weighted by Crippen LogP contribution is -2.24. The SMILES string of the molecule is CCCNC(CSCC)c1ccc(OC)c(Br)c1OC. The molecule has 0 radical (unpaired) electrons. The topological polar surface area (TPSA) is 30.5 Å². The normalized spacial score (nSPS) is 12.2.